The summed E-state index contributed by atoms with van der Waals surface area (Å²) in [5.74, 6) is 0.0970. The van der Waals surface area contributed by atoms with Gasteiger partial charge in [-0.15, -0.1) is 0 Å². The summed E-state index contributed by atoms with van der Waals surface area (Å²) in [6.07, 6.45) is 5.28. The molecule has 0 aromatic carbocycles. The predicted octanol–water partition coefficient (Wildman–Crippen LogP) is 0.692. The van der Waals surface area contributed by atoms with Gasteiger partial charge >= 0.3 is 0 Å². The molecule has 0 unspecified atom stereocenters. The third-order valence-corrected chi connectivity index (χ3v) is 4.91. The molecular weight excluding hydrogens is 306 g/mol. The summed E-state index contributed by atoms with van der Waals surface area (Å²) in [7, 11) is 2.18. The highest BCUT2D eigenvalue weighted by atomic mass is 16.5. The van der Waals surface area contributed by atoms with Crippen LogP contribution in [-0.2, 0) is 4.79 Å². The second kappa shape index (κ2) is 8.96. The summed E-state index contributed by atoms with van der Waals surface area (Å²) in [6, 6.07) is 0.651. The van der Waals surface area contributed by atoms with E-state index in [4.69, 9.17) is 5.21 Å². The molecule has 24 heavy (non-hydrogen) atoms. The first kappa shape index (κ1) is 18.6. The Balaban J connectivity index is 1.81. The second-order valence-electron chi connectivity index (χ2n) is 6.42. The maximum atomic E-state index is 11.4. The van der Waals surface area contributed by atoms with Gasteiger partial charge in [0, 0.05) is 51.5 Å². The van der Waals surface area contributed by atoms with Crippen molar-refractivity contribution in [1.82, 2.24) is 20.2 Å². The Kier molecular flexibility index (Phi) is 6.96. The zero-order chi connectivity index (χ0) is 17.5. The number of piperidine rings is 1. The molecule has 2 heterocycles. The highest BCUT2D eigenvalue weighted by Crippen LogP contribution is 2.20. The van der Waals surface area contributed by atoms with Gasteiger partial charge in [-0.1, -0.05) is 12.7 Å². The van der Waals surface area contributed by atoms with E-state index < -0.39 is 5.91 Å². The molecule has 2 aliphatic rings. The van der Waals surface area contributed by atoms with Gasteiger partial charge in [0.15, 0.2) is 0 Å². The fraction of sp³-hybridized carbons (Fsp3) is 0.647. The van der Waals surface area contributed by atoms with E-state index in [1.54, 1.807) is 18.5 Å². The number of hydrogen-bond donors (Lipinski definition) is 2. The smallest absolute Gasteiger partial charge is 0.275 e. The van der Waals surface area contributed by atoms with Crippen LogP contribution in [0.2, 0.25) is 0 Å². The molecule has 1 amide bonds. The minimum atomic E-state index is -0.567. The van der Waals surface area contributed by atoms with E-state index in [1.807, 2.05) is 0 Å². The van der Waals surface area contributed by atoms with Crippen molar-refractivity contribution in [2.24, 2.45) is 4.99 Å². The van der Waals surface area contributed by atoms with Crippen LogP contribution in [-0.4, -0.2) is 84.4 Å². The molecule has 0 radical (unpaired) electrons. The van der Waals surface area contributed by atoms with Crippen LogP contribution in [0.1, 0.15) is 19.8 Å². The first-order valence-corrected chi connectivity index (χ1v) is 8.56. The quantitative estimate of drug-likeness (QED) is 0.335. The minimum Gasteiger partial charge on any atom is -0.357 e. The van der Waals surface area contributed by atoms with Crippen molar-refractivity contribution in [3.63, 3.8) is 0 Å². The predicted molar refractivity (Wildman–Crippen MR) is 95.0 cm³/mol. The van der Waals surface area contributed by atoms with Gasteiger partial charge in [0.05, 0.1) is 5.57 Å². The molecule has 134 valence electrons. The fourth-order valence-electron chi connectivity index (χ4n) is 3.23. The third kappa shape index (κ3) is 4.90. The molecule has 2 N–H and O–H groups in total. The van der Waals surface area contributed by atoms with Crippen molar-refractivity contribution in [1.29, 1.82) is 0 Å². The number of piperazine rings is 1. The number of aliphatic imine (C=N–C) groups is 1. The minimum absolute atomic E-state index is 0.311. The molecule has 0 atom stereocenters. The summed E-state index contributed by atoms with van der Waals surface area (Å²) < 4.78 is 0. The van der Waals surface area contributed by atoms with E-state index in [0.717, 1.165) is 52.1 Å². The van der Waals surface area contributed by atoms with E-state index >= 15 is 0 Å². The molecule has 0 aromatic heterocycles. The first-order chi connectivity index (χ1) is 11.5. The van der Waals surface area contributed by atoms with Gasteiger partial charge in [-0.3, -0.25) is 14.9 Å². The third-order valence-electron chi connectivity index (χ3n) is 4.91. The molecule has 7 heteroatoms. The molecule has 0 aromatic rings. The lowest BCUT2D eigenvalue weighted by Crippen LogP contribution is -2.52. The Morgan fingerprint density at radius 2 is 1.83 bits per heavy atom. The Hall–Kier alpha value is -1.70. The van der Waals surface area contributed by atoms with Gasteiger partial charge in [-0.2, -0.15) is 0 Å². The van der Waals surface area contributed by atoms with Crippen LogP contribution >= 0.6 is 0 Å². The van der Waals surface area contributed by atoms with E-state index in [9.17, 15) is 4.79 Å². The lowest BCUT2D eigenvalue weighted by atomic mass is 10.0. The highest BCUT2D eigenvalue weighted by Gasteiger charge is 2.26. The summed E-state index contributed by atoms with van der Waals surface area (Å²) in [4.78, 5) is 22.8. The molecular formula is C17H29N5O2. The Labute approximate surface area is 144 Å². The standard InChI is InChI=1S/C17H29N5O2/c1-4-15(17(23)19-24)13-18-14(2)21-7-5-16(6-8-21)22-11-9-20(3)10-12-22/h4,13,16,24H,2,5-12H2,1,3H3,(H,19,23)/b15-4+,18-13-. The fourth-order valence-corrected chi connectivity index (χ4v) is 3.23. The van der Waals surface area contributed by atoms with Gasteiger partial charge in [-0.25, -0.2) is 10.5 Å². The molecule has 2 aliphatic heterocycles. The number of amides is 1. The lowest BCUT2D eigenvalue weighted by Gasteiger charge is -2.42. The molecule has 0 saturated carbocycles. The maximum Gasteiger partial charge on any atom is 0.275 e. The first-order valence-electron chi connectivity index (χ1n) is 8.56. The number of hydroxylamine groups is 1. The molecule has 7 nitrogen and oxygen atoms in total. The second-order valence-corrected chi connectivity index (χ2v) is 6.42. The largest absolute Gasteiger partial charge is 0.357 e. The number of nitrogens with zero attached hydrogens (tertiary/aromatic N) is 4. The van der Waals surface area contributed by atoms with Crippen LogP contribution in [0.5, 0.6) is 0 Å². The van der Waals surface area contributed by atoms with Crippen molar-refractivity contribution >= 4 is 12.1 Å². The van der Waals surface area contributed by atoms with Crippen LogP contribution in [0.4, 0.5) is 0 Å². The number of likely N-dealkylation sites (tertiary alicyclic amines) is 1. The molecule has 2 fully saturated rings. The van der Waals surface area contributed by atoms with Crippen LogP contribution in [0.25, 0.3) is 0 Å². The number of nitrogens with one attached hydrogen (secondary N) is 1. The van der Waals surface area contributed by atoms with Gasteiger partial charge < -0.3 is 9.80 Å². The SMILES string of the molecule is C=C(/N=C\C(=C/C)C(=O)NO)N1CCC(N2CCN(C)CC2)CC1. The van der Waals surface area contributed by atoms with Crippen molar-refractivity contribution in [3.05, 3.63) is 24.0 Å². The van der Waals surface area contributed by atoms with Crippen LogP contribution < -0.4 is 5.48 Å². The molecule has 0 bridgehead atoms. The van der Waals surface area contributed by atoms with Gasteiger partial charge in [-0.05, 0) is 26.8 Å². The number of carbonyl (C=O) groups excluding carboxylic acids is 1. The van der Waals surface area contributed by atoms with E-state index in [2.05, 4.69) is 33.3 Å². The van der Waals surface area contributed by atoms with Crippen molar-refractivity contribution < 1.29 is 10.0 Å². The Morgan fingerprint density at radius 3 is 2.38 bits per heavy atom. The summed E-state index contributed by atoms with van der Waals surface area (Å²) >= 11 is 0. The Morgan fingerprint density at radius 1 is 1.21 bits per heavy atom. The van der Waals surface area contributed by atoms with Gasteiger partial charge in [0.2, 0.25) is 0 Å². The van der Waals surface area contributed by atoms with E-state index in [0.29, 0.717) is 17.4 Å². The van der Waals surface area contributed by atoms with Crippen LogP contribution in [0.15, 0.2) is 29.0 Å². The van der Waals surface area contributed by atoms with Crippen LogP contribution in [0.3, 0.4) is 0 Å². The van der Waals surface area contributed by atoms with E-state index in [1.165, 1.54) is 6.21 Å². The summed E-state index contributed by atoms with van der Waals surface area (Å²) in [5.41, 5.74) is 1.92. The van der Waals surface area contributed by atoms with Crippen LogP contribution in [0, 0.1) is 0 Å². The number of hydrogen-bond acceptors (Lipinski definition) is 6. The summed E-state index contributed by atoms with van der Waals surface area (Å²) in [6.45, 7) is 12.2. The number of rotatable bonds is 5. The lowest BCUT2D eigenvalue weighted by molar-refractivity contribution is -0.124. The highest BCUT2D eigenvalue weighted by molar-refractivity contribution is 6.11. The number of likely N-dealkylation sites (N-methyl/N-ethyl adjacent to an activating group) is 1. The molecule has 0 spiro atoms. The van der Waals surface area contributed by atoms with E-state index in [-0.39, 0.29) is 0 Å². The zero-order valence-corrected chi connectivity index (χ0v) is 14.7. The van der Waals surface area contributed by atoms with Gasteiger partial charge in [0.1, 0.15) is 5.82 Å². The Bertz CT molecular complexity index is 501. The zero-order valence-electron chi connectivity index (χ0n) is 14.7. The normalized spacial score (nSPS) is 22.1. The average Bonchev–Trinajstić information content (AvgIpc) is 2.62. The molecule has 2 rings (SSSR count). The number of allylic oxidation sites excluding steroid dienone is 1. The summed E-state index contributed by atoms with van der Waals surface area (Å²) in [5, 5.41) is 8.68. The van der Waals surface area contributed by atoms with Crippen molar-refractivity contribution in [2.45, 2.75) is 25.8 Å². The van der Waals surface area contributed by atoms with Crippen molar-refractivity contribution in [3.8, 4) is 0 Å². The van der Waals surface area contributed by atoms with Crippen molar-refractivity contribution in [2.75, 3.05) is 46.3 Å². The number of carbonyl (C=O) groups is 1. The van der Waals surface area contributed by atoms with Gasteiger partial charge in [0.25, 0.3) is 5.91 Å². The average molecular weight is 335 g/mol. The topological polar surface area (TPSA) is 71.4 Å². The maximum absolute atomic E-state index is 11.4. The molecule has 2 saturated heterocycles. The molecule has 0 aliphatic carbocycles. The monoisotopic (exact) mass is 335 g/mol.